The maximum Gasteiger partial charge on any atom is 0.266 e. The van der Waals surface area contributed by atoms with Gasteiger partial charge in [0, 0.05) is 10.2 Å². The zero-order valence-corrected chi connectivity index (χ0v) is 13.2. The molecule has 0 unspecified atom stereocenters. The van der Waals surface area contributed by atoms with Crippen LogP contribution in [-0.4, -0.2) is 11.8 Å². The number of hydrogen-bond donors (Lipinski definition) is 1. The van der Waals surface area contributed by atoms with Crippen LogP contribution in [0.25, 0.3) is 0 Å². The third kappa shape index (κ3) is 2.05. The summed E-state index contributed by atoms with van der Waals surface area (Å²) in [4.78, 5) is 26.3. The summed E-state index contributed by atoms with van der Waals surface area (Å²) in [7, 11) is 0. The number of anilines is 2. The van der Waals surface area contributed by atoms with Crippen LogP contribution in [0.1, 0.15) is 31.8 Å². The Morgan fingerprint density at radius 3 is 2.33 bits per heavy atom. The average Bonchev–Trinajstić information content (AvgIpc) is 2.62. The number of aryl methyl sites for hydroxylation is 2. The zero-order chi connectivity index (χ0) is 15.3. The van der Waals surface area contributed by atoms with E-state index >= 15 is 0 Å². The summed E-state index contributed by atoms with van der Waals surface area (Å²) in [5.74, 6) is -0.655. The topological polar surface area (TPSA) is 63.4 Å². The van der Waals surface area contributed by atoms with Crippen LogP contribution in [-0.2, 0) is 0 Å². The van der Waals surface area contributed by atoms with Crippen LogP contribution in [0.3, 0.4) is 0 Å². The maximum absolute atomic E-state index is 12.6. The van der Waals surface area contributed by atoms with Gasteiger partial charge in [0.05, 0.1) is 16.8 Å². The molecule has 0 aromatic heterocycles. The van der Waals surface area contributed by atoms with E-state index in [9.17, 15) is 9.59 Å². The molecule has 0 fully saturated rings. The van der Waals surface area contributed by atoms with Crippen LogP contribution in [0.15, 0.2) is 34.8 Å². The SMILES string of the molecule is Cc1cc(C)c(N2C(=O)c3ccc(N)cc3C2=O)c(Br)c1. The van der Waals surface area contributed by atoms with E-state index < -0.39 is 0 Å². The Bertz CT molecular complexity index is 776. The Hall–Kier alpha value is -2.14. The third-order valence-electron chi connectivity index (χ3n) is 3.53. The lowest BCUT2D eigenvalue weighted by molar-refractivity contribution is 0.0925. The molecule has 0 bridgehead atoms. The summed E-state index contributed by atoms with van der Waals surface area (Å²) in [5.41, 5.74) is 9.44. The van der Waals surface area contributed by atoms with Gasteiger partial charge in [-0.15, -0.1) is 0 Å². The summed E-state index contributed by atoms with van der Waals surface area (Å²) in [6, 6.07) is 8.61. The van der Waals surface area contributed by atoms with Crippen LogP contribution in [0.2, 0.25) is 0 Å². The Morgan fingerprint density at radius 2 is 1.67 bits per heavy atom. The second-order valence-electron chi connectivity index (χ2n) is 5.16. The highest BCUT2D eigenvalue weighted by Gasteiger charge is 2.38. The molecule has 5 heteroatoms. The van der Waals surface area contributed by atoms with Crippen molar-refractivity contribution in [1.82, 2.24) is 0 Å². The summed E-state index contributed by atoms with van der Waals surface area (Å²) in [5, 5.41) is 0. The number of halogens is 1. The summed E-state index contributed by atoms with van der Waals surface area (Å²) >= 11 is 3.45. The first-order valence-corrected chi connectivity index (χ1v) is 7.24. The maximum atomic E-state index is 12.6. The Morgan fingerprint density at radius 1 is 1.00 bits per heavy atom. The van der Waals surface area contributed by atoms with Gasteiger partial charge in [-0.3, -0.25) is 9.59 Å². The minimum absolute atomic E-state index is 0.317. The Balaban J connectivity index is 2.19. The summed E-state index contributed by atoms with van der Waals surface area (Å²) in [6.45, 7) is 3.84. The molecule has 0 saturated heterocycles. The molecule has 3 rings (SSSR count). The van der Waals surface area contributed by atoms with E-state index in [2.05, 4.69) is 15.9 Å². The summed E-state index contributed by atoms with van der Waals surface area (Å²) < 4.78 is 0.725. The molecule has 0 radical (unpaired) electrons. The predicted molar refractivity (Wildman–Crippen MR) is 85.6 cm³/mol. The molecular formula is C16H13BrN2O2. The van der Waals surface area contributed by atoms with Crippen molar-refractivity contribution in [2.24, 2.45) is 0 Å². The monoisotopic (exact) mass is 344 g/mol. The van der Waals surface area contributed by atoms with Gasteiger partial charge >= 0.3 is 0 Å². The van der Waals surface area contributed by atoms with Crippen LogP contribution >= 0.6 is 15.9 Å². The van der Waals surface area contributed by atoms with Gasteiger partial charge in [0.1, 0.15) is 0 Å². The molecule has 2 aromatic carbocycles. The van der Waals surface area contributed by atoms with E-state index in [1.807, 2.05) is 26.0 Å². The lowest BCUT2D eigenvalue weighted by Crippen LogP contribution is -2.30. The highest BCUT2D eigenvalue weighted by Crippen LogP contribution is 2.37. The molecule has 0 saturated carbocycles. The zero-order valence-electron chi connectivity index (χ0n) is 11.6. The molecule has 1 aliphatic rings. The fourth-order valence-corrected chi connectivity index (χ4v) is 3.50. The van der Waals surface area contributed by atoms with Gasteiger partial charge < -0.3 is 5.73 Å². The second kappa shape index (κ2) is 4.70. The van der Waals surface area contributed by atoms with Crippen LogP contribution in [0.4, 0.5) is 11.4 Å². The third-order valence-corrected chi connectivity index (χ3v) is 4.14. The largest absolute Gasteiger partial charge is 0.399 e. The van der Waals surface area contributed by atoms with Gasteiger partial charge in [-0.05, 0) is 65.2 Å². The molecule has 1 aliphatic heterocycles. The number of imide groups is 1. The highest BCUT2D eigenvalue weighted by molar-refractivity contribution is 9.10. The minimum atomic E-state index is -0.338. The van der Waals surface area contributed by atoms with Crippen molar-refractivity contribution in [3.05, 3.63) is 57.1 Å². The number of nitrogens with zero attached hydrogens (tertiary/aromatic N) is 1. The first-order chi connectivity index (χ1) is 9.90. The highest BCUT2D eigenvalue weighted by atomic mass is 79.9. The lowest BCUT2D eigenvalue weighted by atomic mass is 10.1. The van der Waals surface area contributed by atoms with Crippen molar-refractivity contribution < 1.29 is 9.59 Å². The number of nitrogen functional groups attached to an aromatic ring is 1. The Labute approximate surface area is 130 Å². The fraction of sp³-hybridized carbons (Fsp3) is 0.125. The number of rotatable bonds is 1. The molecule has 106 valence electrons. The number of nitrogens with two attached hydrogens (primary N) is 1. The average molecular weight is 345 g/mol. The smallest absolute Gasteiger partial charge is 0.266 e. The molecule has 4 nitrogen and oxygen atoms in total. The molecule has 1 heterocycles. The van der Waals surface area contributed by atoms with Crippen molar-refractivity contribution in [3.63, 3.8) is 0 Å². The van der Waals surface area contributed by atoms with Crippen LogP contribution in [0, 0.1) is 13.8 Å². The molecule has 21 heavy (non-hydrogen) atoms. The molecule has 2 amide bonds. The normalized spacial score (nSPS) is 13.8. The van der Waals surface area contributed by atoms with Gasteiger partial charge in [0.15, 0.2) is 0 Å². The van der Waals surface area contributed by atoms with Gasteiger partial charge in [-0.2, -0.15) is 0 Å². The van der Waals surface area contributed by atoms with E-state index in [1.54, 1.807) is 18.2 Å². The molecule has 0 spiro atoms. The number of benzene rings is 2. The van der Waals surface area contributed by atoms with Crippen molar-refractivity contribution in [1.29, 1.82) is 0 Å². The van der Waals surface area contributed by atoms with E-state index in [4.69, 9.17) is 5.73 Å². The first-order valence-electron chi connectivity index (χ1n) is 6.45. The predicted octanol–water partition coefficient (Wildman–Crippen LogP) is 3.45. The van der Waals surface area contributed by atoms with Gasteiger partial charge in [-0.1, -0.05) is 6.07 Å². The molecule has 2 N–H and O–H groups in total. The van der Waals surface area contributed by atoms with Crippen molar-refractivity contribution in [3.8, 4) is 0 Å². The fourth-order valence-electron chi connectivity index (χ4n) is 2.65. The minimum Gasteiger partial charge on any atom is -0.399 e. The number of fused-ring (bicyclic) bond motifs is 1. The summed E-state index contributed by atoms with van der Waals surface area (Å²) in [6.07, 6.45) is 0. The molecule has 2 aromatic rings. The lowest BCUT2D eigenvalue weighted by Gasteiger charge is -2.19. The quantitative estimate of drug-likeness (QED) is 0.636. The van der Waals surface area contributed by atoms with Crippen LogP contribution in [0.5, 0.6) is 0 Å². The Kier molecular flexibility index (Phi) is 3.10. The standard InChI is InChI=1S/C16H13BrN2O2/c1-8-5-9(2)14(13(17)6-8)19-15(20)11-4-3-10(18)7-12(11)16(19)21/h3-7H,18H2,1-2H3. The van der Waals surface area contributed by atoms with E-state index in [-0.39, 0.29) is 11.8 Å². The number of carbonyl (C=O) groups is 2. The van der Waals surface area contributed by atoms with Crippen molar-refractivity contribution in [2.75, 3.05) is 10.6 Å². The van der Waals surface area contributed by atoms with Gasteiger partial charge in [0.2, 0.25) is 0 Å². The molecular weight excluding hydrogens is 332 g/mol. The molecule has 0 aliphatic carbocycles. The molecule has 0 atom stereocenters. The van der Waals surface area contributed by atoms with E-state index in [1.165, 1.54) is 4.90 Å². The van der Waals surface area contributed by atoms with Crippen molar-refractivity contribution in [2.45, 2.75) is 13.8 Å². The van der Waals surface area contributed by atoms with Gasteiger partial charge in [-0.25, -0.2) is 4.90 Å². The van der Waals surface area contributed by atoms with E-state index in [0.717, 1.165) is 15.6 Å². The number of hydrogen-bond acceptors (Lipinski definition) is 3. The van der Waals surface area contributed by atoms with E-state index in [0.29, 0.717) is 22.5 Å². The number of carbonyl (C=O) groups excluding carboxylic acids is 2. The van der Waals surface area contributed by atoms with Crippen LogP contribution < -0.4 is 10.6 Å². The second-order valence-corrected chi connectivity index (χ2v) is 6.02. The first kappa shape index (κ1) is 13.8. The van der Waals surface area contributed by atoms with Gasteiger partial charge in [0.25, 0.3) is 11.8 Å². The van der Waals surface area contributed by atoms with Crippen molar-refractivity contribution >= 4 is 39.1 Å². The number of amides is 2.